The van der Waals surface area contributed by atoms with Crippen LogP contribution in [-0.4, -0.2) is 30.0 Å². The van der Waals surface area contributed by atoms with E-state index in [0.717, 1.165) is 35.6 Å². The number of nitrogens with one attached hydrogen (secondary N) is 3. The summed E-state index contributed by atoms with van der Waals surface area (Å²) in [7, 11) is 0. The summed E-state index contributed by atoms with van der Waals surface area (Å²) < 4.78 is 0. The number of rotatable bonds is 7. The van der Waals surface area contributed by atoms with E-state index in [1.165, 1.54) is 11.3 Å². The molecule has 8 heteroatoms. The third-order valence-corrected chi connectivity index (χ3v) is 5.58. The van der Waals surface area contributed by atoms with Gasteiger partial charge >= 0.3 is 6.03 Å². The molecule has 162 valence electrons. The van der Waals surface area contributed by atoms with Crippen LogP contribution >= 0.6 is 11.3 Å². The van der Waals surface area contributed by atoms with Crippen molar-refractivity contribution in [3.63, 3.8) is 0 Å². The molecule has 3 rings (SSSR count). The van der Waals surface area contributed by atoms with Crippen LogP contribution in [0.3, 0.4) is 0 Å². The van der Waals surface area contributed by atoms with Gasteiger partial charge in [-0.25, -0.2) is 9.78 Å². The van der Waals surface area contributed by atoms with Gasteiger partial charge in [-0.3, -0.25) is 10.1 Å². The Morgan fingerprint density at radius 3 is 2.45 bits per heavy atom. The zero-order valence-corrected chi connectivity index (χ0v) is 19.0. The summed E-state index contributed by atoms with van der Waals surface area (Å²) in [5.74, 6) is -0.318. The molecule has 7 nitrogen and oxygen atoms in total. The molecule has 0 fully saturated rings. The highest BCUT2D eigenvalue weighted by Crippen LogP contribution is 2.24. The van der Waals surface area contributed by atoms with Crippen molar-refractivity contribution in [2.24, 2.45) is 0 Å². The van der Waals surface area contributed by atoms with Gasteiger partial charge in [-0.15, -0.1) is 11.3 Å². The Kier molecular flexibility index (Phi) is 7.25. The lowest BCUT2D eigenvalue weighted by Gasteiger charge is -2.22. The number of carbonyl (C=O) groups excluding carboxylic acids is 2. The Hall–Kier alpha value is -3.39. The fraction of sp³-hybridized carbons (Fsp3) is 0.261. The van der Waals surface area contributed by atoms with E-state index in [4.69, 9.17) is 0 Å². The first-order valence-corrected chi connectivity index (χ1v) is 11.0. The summed E-state index contributed by atoms with van der Waals surface area (Å²) in [6.07, 6.45) is 0. The number of aryl methyl sites for hydroxylation is 2. The summed E-state index contributed by atoms with van der Waals surface area (Å²) in [6, 6.07) is 13.1. The number of nitrogens with zero attached hydrogens (tertiary/aromatic N) is 2. The van der Waals surface area contributed by atoms with E-state index in [1.807, 2.05) is 44.2 Å². The van der Waals surface area contributed by atoms with Crippen molar-refractivity contribution in [1.29, 1.82) is 0 Å². The molecular weight excluding hydrogens is 410 g/mol. The first-order valence-electron chi connectivity index (χ1n) is 10.2. The van der Waals surface area contributed by atoms with Gasteiger partial charge in [0.2, 0.25) is 0 Å². The number of carbonyl (C=O) groups is 2. The Morgan fingerprint density at radius 1 is 1.00 bits per heavy atom. The molecule has 1 aromatic heterocycles. The number of hydrogen-bond acceptors (Lipinski definition) is 5. The average molecular weight is 438 g/mol. The number of amides is 3. The van der Waals surface area contributed by atoms with Crippen molar-refractivity contribution < 1.29 is 9.59 Å². The maximum Gasteiger partial charge on any atom is 0.325 e. The van der Waals surface area contributed by atoms with Crippen molar-refractivity contribution in [3.8, 4) is 0 Å². The van der Waals surface area contributed by atoms with E-state index in [0.29, 0.717) is 10.8 Å². The molecule has 0 aliphatic rings. The van der Waals surface area contributed by atoms with Crippen molar-refractivity contribution in [3.05, 3.63) is 64.7 Å². The zero-order chi connectivity index (χ0) is 22.4. The third-order valence-electron chi connectivity index (χ3n) is 4.82. The van der Waals surface area contributed by atoms with Crippen LogP contribution in [0.4, 0.5) is 27.0 Å². The van der Waals surface area contributed by atoms with E-state index < -0.39 is 6.03 Å². The second-order valence-electron chi connectivity index (χ2n) is 7.11. The minimum absolute atomic E-state index is 0.253. The molecule has 0 unspecified atom stereocenters. The summed E-state index contributed by atoms with van der Waals surface area (Å²) in [5, 5.41) is 10.3. The molecule has 0 saturated heterocycles. The Bertz CT molecular complexity index is 1080. The van der Waals surface area contributed by atoms with E-state index in [-0.39, 0.29) is 11.6 Å². The van der Waals surface area contributed by atoms with E-state index >= 15 is 0 Å². The molecule has 0 radical (unpaired) electrons. The molecule has 3 N–H and O–H groups in total. The van der Waals surface area contributed by atoms with Gasteiger partial charge in [0.05, 0.1) is 0 Å². The molecule has 2 aromatic carbocycles. The minimum atomic E-state index is -0.408. The Morgan fingerprint density at radius 2 is 1.77 bits per heavy atom. The Balaban J connectivity index is 1.61. The van der Waals surface area contributed by atoms with Crippen molar-refractivity contribution in [2.45, 2.75) is 27.7 Å². The van der Waals surface area contributed by atoms with Gasteiger partial charge in [0.1, 0.15) is 5.69 Å². The lowest BCUT2D eigenvalue weighted by atomic mass is 10.1. The first-order chi connectivity index (χ1) is 14.9. The number of thiazole rings is 1. The minimum Gasteiger partial charge on any atom is -0.372 e. The fourth-order valence-corrected chi connectivity index (χ4v) is 3.86. The summed E-state index contributed by atoms with van der Waals surface area (Å²) in [6.45, 7) is 9.99. The largest absolute Gasteiger partial charge is 0.372 e. The highest BCUT2D eigenvalue weighted by Gasteiger charge is 2.14. The average Bonchev–Trinajstić information content (AvgIpc) is 3.19. The highest BCUT2D eigenvalue weighted by atomic mass is 32.1. The number of benzene rings is 2. The highest BCUT2D eigenvalue weighted by molar-refractivity contribution is 7.14. The molecule has 31 heavy (non-hydrogen) atoms. The molecule has 0 aliphatic heterocycles. The summed E-state index contributed by atoms with van der Waals surface area (Å²) in [5.41, 5.74) is 4.83. The predicted octanol–water partition coefficient (Wildman–Crippen LogP) is 5.50. The number of urea groups is 1. The lowest BCUT2D eigenvalue weighted by Crippen LogP contribution is -2.22. The van der Waals surface area contributed by atoms with Crippen molar-refractivity contribution in [1.82, 2.24) is 4.98 Å². The molecule has 1 heterocycles. The van der Waals surface area contributed by atoms with Gasteiger partial charge in [-0.2, -0.15) is 0 Å². The second-order valence-corrected chi connectivity index (χ2v) is 7.97. The molecule has 0 spiro atoms. The maximum atomic E-state index is 12.6. The fourth-order valence-electron chi connectivity index (χ4n) is 3.18. The van der Waals surface area contributed by atoms with Crippen LogP contribution in [0.1, 0.15) is 35.5 Å². The normalized spacial score (nSPS) is 10.5. The second kappa shape index (κ2) is 10.1. The summed E-state index contributed by atoms with van der Waals surface area (Å²) in [4.78, 5) is 31.3. The molecule has 0 aliphatic carbocycles. The van der Waals surface area contributed by atoms with Crippen LogP contribution in [0, 0.1) is 13.8 Å². The standard InChI is InChI=1S/C23H27N5O2S/c1-5-28(6-2)18-10-11-19(16(4)13-18)25-21(29)20-14-31-23(26-20)27-22(30)24-17-9-7-8-15(3)12-17/h7-14H,5-6H2,1-4H3,(H,25,29)(H2,24,26,27,30). The first kappa shape index (κ1) is 22.3. The van der Waals surface area contributed by atoms with Gasteiger partial charge in [0, 0.05) is 35.5 Å². The quantitative estimate of drug-likeness (QED) is 0.455. The van der Waals surface area contributed by atoms with Crippen LogP contribution < -0.4 is 20.9 Å². The third kappa shape index (κ3) is 5.82. The van der Waals surface area contributed by atoms with E-state index in [2.05, 4.69) is 45.7 Å². The molecule has 0 saturated carbocycles. The molecule has 0 atom stereocenters. The Labute approximate surface area is 186 Å². The molecule has 3 amide bonds. The SMILES string of the molecule is CCN(CC)c1ccc(NC(=O)c2csc(NC(=O)Nc3cccc(C)c3)n2)c(C)c1. The van der Waals surface area contributed by atoms with Gasteiger partial charge in [-0.1, -0.05) is 12.1 Å². The van der Waals surface area contributed by atoms with E-state index in [1.54, 1.807) is 11.4 Å². The van der Waals surface area contributed by atoms with Crippen molar-refractivity contribution >= 4 is 45.5 Å². The number of aromatic nitrogens is 1. The van der Waals surface area contributed by atoms with Crippen LogP contribution in [0.5, 0.6) is 0 Å². The van der Waals surface area contributed by atoms with Crippen LogP contribution in [0.15, 0.2) is 47.8 Å². The van der Waals surface area contributed by atoms with Crippen LogP contribution in [0.2, 0.25) is 0 Å². The zero-order valence-electron chi connectivity index (χ0n) is 18.2. The summed E-state index contributed by atoms with van der Waals surface area (Å²) >= 11 is 1.20. The lowest BCUT2D eigenvalue weighted by molar-refractivity contribution is 0.102. The van der Waals surface area contributed by atoms with E-state index in [9.17, 15) is 9.59 Å². The van der Waals surface area contributed by atoms with Gasteiger partial charge in [-0.05, 0) is 69.2 Å². The van der Waals surface area contributed by atoms with Gasteiger partial charge in [0.15, 0.2) is 5.13 Å². The topological polar surface area (TPSA) is 86.4 Å². The molecule has 0 bridgehead atoms. The predicted molar refractivity (Wildman–Crippen MR) is 129 cm³/mol. The monoisotopic (exact) mass is 437 g/mol. The van der Waals surface area contributed by atoms with Gasteiger partial charge < -0.3 is 15.5 Å². The smallest absolute Gasteiger partial charge is 0.325 e. The molecular formula is C23H27N5O2S. The van der Waals surface area contributed by atoms with Gasteiger partial charge in [0.25, 0.3) is 5.91 Å². The maximum absolute atomic E-state index is 12.6. The number of anilines is 4. The van der Waals surface area contributed by atoms with Crippen molar-refractivity contribution in [2.75, 3.05) is 33.9 Å². The number of hydrogen-bond donors (Lipinski definition) is 3. The van der Waals surface area contributed by atoms with Crippen LogP contribution in [0.25, 0.3) is 0 Å². The van der Waals surface area contributed by atoms with Crippen LogP contribution in [-0.2, 0) is 0 Å². The molecule has 3 aromatic rings.